The maximum Gasteiger partial charge on any atom is 0.283 e. The summed E-state index contributed by atoms with van der Waals surface area (Å²) in [6.45, 7) is 2.04. The Morgan fingerprint density at radius 1 is 1.03 bits per heavy atom. The van der Waals surface area contributed by atoms with E-state index in [-0.39, 0.29) is 11.4 Å². The molecule has 3 heterocycles. The number of amidine groups is 2. The molecule has 0 bridgehead atoms. The van der Waals surface area contributed by atoms with Crippen LogP contribution in [0.3, 0.4) is 0 Å². The van der Waals surface area contributed by atoms with E-state index in [4.69, 9.17) is 5.41 Å². The minimum absolute atomic E-state index is 0.0437. The number of carbonyl (C=O) groups excluding carboxylic acids is 1. The molecule has 5 rings (SSSR count). The Morgan fingerprint density at radius 2 is 1.81 bits per heavy atom. The van der Waals surface area contributed by atoms with Gasteiger partial charge in [-0.3, -0.25) is 10.2 Å². The normalized spacial score (nSPS) is 17.1. The molecule has 0 fully saturated rings. The quantitative estimate of drug-likeness (QED) is 0.619. The highest BCUT2D eigenvalue weighted by Gasteiger charge is 2.35. The Morgan fingerprint density at radius 3 is 2.58 bits per heavy atom. The van der Waals surface area contributed by atoms with Crippen molar-refractivity contribution in [2.45, 2.75) is 13.3 Å². The summed E-state index contributed by atoms with van der Waals surface area (Å²) >= 11 is 1.34. The number of aliphatic imine (C=N–C) groups is 1. The van der Waals surface area contributed by atoms with Gasteiger partial charge >= 0.3 is 0 Å². The zero-order chi connectivity index (χ0) is 21.4. The molecule has 0 radical (unpaired) electrons. The van der Waals surface area contributed by atoms with Crippen LogP contribution < -0.4 is 0 Å². The number of hydrogen-bond donors (Lipinski definition) is 1. The number of rotatable bonds is 4. The summed E-state index contributed by atoms with van der Waals surface area (Å²) in [6, 6.07) is 22.0. The average Bonchev–Trinajstić information content (AvgIpc) is 3.39. The van der Waals surface area contributed by atoms with Crippen molar-refractivity contribution in [3.8, 4) is 5.69 Å². The van der Waals surface area contributed by atoms with Gasteiger partial charge in [0.05, 0.1) is 5.57 Å². The predicted molar refractivity (Wildman–Crippen MR) is 126 cm³/mol. The third-order valence-electron chi connectivity index (χ3n) is 5.08. The van der Waals surface area contributed by atoms with Crippen molar-refractivity contribution in [3.63, 3.8) is 0 Å². The van der Waals surface area contributed by atoms with Crippen molar-refractivity contribution in [1.82, 2.24) is 9.58 Å². The monoisotopic (exact) mass is 425 g/mol. The number of nitrogens with one attached hydrogen (secondary N) is 1. The first-order valence-electron chi connectivity index (χ1n) is 9.86. The first-order valence-corrected chi connectivity index (χ1v) is 10.7. The van der Waals surface area contributed by atoms with E-state index < -0.39 is 5.91 Å². The number of fused-ring (bicyclic) bond motifs is 1. The lowest BCUT2D eigenvalue weighted by atomic mass is 10.1. The van der Waals surface area contributed by atoms with Crippen LogP contribution in [0.25, 0.3) is 11.8 Å². The third kappa shape index (κ3) is 3.75. The van der Waals surface area contributed by atoms with Gasteiger partial charge in [0.25, 0.3) is 5.91 Å². The first-order chi connectivity index (χ1) is 15.1. The highest BCUT2D eigenvalue weighted by molar-refractivity contribution is 8.26. The summed E-state index contributed by atoms with van der Waals surface area (Å²) in [5.41, 5.74) is 4.31. The number of carbonyl (C=O) groups is 1. The fraction of sp³-hybridized carbons (Fsp3) is 0.0833. The van der Waals surface area contributed by atoms with Gasteiger partial charge in [0.2, 0.25) is 5.17 Å². The minimum Gasteiger partial charge on any atom is -0.317 e. The summed E-state index contributed by atoms with van der Waals surface area (Å²) in [5, 5.41) is 15.9. The van der Waals surface area contributed by atoms with E-state index in [1.165, 1.54) is 22.3 Å². The Bertz CT molecular complexity index is 1270. The molecule has 7 heteroatoms. The molecular weight excluding hydrogens is 406 g/mol. The van der Waals surface area contributed by atoms with Crippen molar-refractivity contribution < 1.29 is 4.79 Å². The van der Waals surface area contributed by atoms with Crippen LogP contribution in [0.15, 0.2) is 88.6 Å². The van der Waals surface area contributed by atoms with Gasteiger partial charge in [0, 0.05) is 24.0 Å². The number of hydrazone groups is 1. The van der Waals surface area contributed by atoms with Gasteiger partial charge in [-0.15, -0.1) is 0 Å². The highest BCUT2D eigenvalue weighted by atomic mass is 32.2. The van der Waals surface area contributed by atoms with Gasteiger partial charge in [-0.1, -0.05) is 48.0 Å². The molecule has 0 unspecified atom stereocenters. The number of benzene rings is 2. The zero-order valence-electron chi connectivity index (χ0n) is 16.8. The third-order valence-corrected chi connectivity index (χ3v) is 5.99. The van der Waals surface area contributed by atoms with E-state index >= 15 is 0 Å². The molecule has 0 aliphatic carbocycles. The van der Waals surface area contributed by atoms with Gasteiger partial charge in [0.15, 0.2) is 5.84 Å². The van der Waals surface area contributed by atoms with Crippen LogP contribution >= 0.6 is 11.8 Å². The van der Waals surface area contributed by atoms with Crippen molar-refractivity contribution in [3.05, 3.63) is 95.3 Å². The maximum absolute atomic E-state index is 12.7. The molecule has 3 aromatic rings. The Kier molecular flexibility index (Phi) is 4.88. The van der Waals surface area contributed by atoms with E-state index in [0.29, 0.717) is 11.6 Å². The average molecular weight is 426 g/mol. The molecule has 152 valence electrons. The van der Waals surface area contributed by atoms with E-state index in [0.717, 1.165) is 22.0 Å². The zero-order valence-corrected chi connectivity index (χ0v) is 17.6. The minimum atomic E-state index is -0.420. The van der Waals surface area contributed by atoms with E-state index in [2.05, 4.69) is 10.1 Å². The van der Waals surface area contributed by atoms with Crippen LogP contribution in [0.5, 0.6) is 0 Å². The van der Waals surface area contributed by atoms with E-state index in [1.807, 2.05) is 84.4 Å². The van der Waals surface area contributed by atoms with Crippen LogP contribution in [0, 0.1) is 12.3 Å². The standard InChI is InChI=1S/C24H19N5OS/c1-16-9-11-18(12-10-16)28-13-5-8-19(28)15-20-22(25)29-24(26-23(20)30)31-21(27-29)14-17-6-3-2-4-7-17/h2-13,15,25H,14H2,1H3/b20-15+,25-22?. The van der Waals surface area contributed by atoms with Gasteiger partial charge in [-0.2, -0.15) is 15.1 Å². The summed E-state index contributed by atoms with van der Waals surface area (Å²) in [6.07, 6.45) is 4.28. The number of aromatic nitrogens is 1. The smallest absolute Gasteiger partial charge is 0.283 e. The fourth-order valence-corrected chi connectivity index (χ4v) is 4.39. The van der Waals surface area contributed by atoms with Crippen molar-refractivity contribution >= 4 is 39.8 Å². The molecule has 2 aromatic carbocycles. The van der Waals surface area contributed by atoms with E-state index in [9.17, 15) is 4.79 Å². The van der Waals surface area contributed by atoms with Crippen LogP contribution in [-0.4, -0.2) is 31.5 Å². The first kappa shape index (κ1) is 19.3. The van der Waals surface area contributed by atoms with Gasteiger partial charge in [0.1, 0.15) is 5.04 Å². The Labute approximate surface area is 184 Å². The molecule has 6 nitrogen and oxygen atoms in total. The summed E-state index contributed by atoms with van der Waals surface area (Å²) < 4.78 is 1.98. The lowest BCUT2D eigenvalue weighted by molar-refractivity contribution is -0.114. The molecule has 0 spiro atoms. The lowest BCUT2D eigenvalue weighted by Gasteiger charge is -2.20. The molecule has 31 heavy (non-hydrogen) atoms. The summed E-state index contributed by atoms with van der Waals surface area (Å²) in [5.74, 6) is -0.376. The highest BCUT2D eigenvalue weighted by Crippen LogP contribution is 2.30. The molecule has 1 amide bonds. The van der Waals surface area contributed by atoms with Crippen LogP contribution in [-0.2, 0) is 11.2 Å². The predicted octanol–water partition coefficient (Wildman–Crippen LogP) is 4.65. The fourth-order valence-electron chi connectivity index (χ4n) is 3.47. The molecule has 1 aromatic heterocycles. The number of nitrogens with zero attached hydrogens (tertiary/aromatic N) is 4. The van der Waals surface area contributed by atoms with Crippen molar-refractivity contribution in [2.75, 3.05) is 0 Å². The number of thioether (sulfide) groups is 1. The van der Waals surface area contributed by atoms with E-state index in [1.54, 1.807) is 6.08 Å². The van der Waals surface area contributed by atoms with Crippen LogP contribution in [0.2, 0.25) is 0 Å². The second kappa shape index (κ2) is 7.85. The largest absolute Gasteiger partial charge is 0.317 e. The van der Waals surface area contributed by atoms with Gasteiger partial charge in [-0.05, 0) is 54.6 Å². The summed E-state index contributed by atoms with van der Waals surface area (Å²) in [4.78, 5) is 16.9. The molecule has 2 aliphatic heterocycles. The topological polar surface area (TPSA) is 73.8 Å². The molecule has 0 atom stereocenters. The SMILES string of the molecule is Cc1ccc(-n2cccc2/C=C2\C(=N)N3N=C(Cc4ccccc4)SC3=NC2=O)cc1. The van der Waals surface area contributed by atoms with Crippen molar-refractivity contribution in [2.24, 2.45) is 10.1 Å². The Hall–Kier alpha value is -3.71. The number of hydrogen-bond acceptors (Lipinski definition) is 4. The molecule has 0 saturated carbocycles. The summed E-state index contributed by atoms with van der Waals surface area (Å²) in [7, 11) is 0. The van der Waals surface area contributed by atoms with Gasteiger partial charge in [-0.25, -0.2) is 0 Å². The van der Waals surface area contributed by atoms with Crippen LogP contribution in [0.4, 0.5) is 0 Å². The second-order valence-electron chi connectivity index (χ2n) is 7.31. The number of amides is 1. The second-order valence-corrected chi connectivity index (χ2v) is 8.36. The van der Waals surface area contributed by atoms with Crippen LogP contribution in [0.1, 0.15) is 16.8 Å². The number of aryl methyl sites for hydroxylation is 1. The molecule has 2 aliphatic rings. The molecular formula is C24H19N5OS. The van der Waals surface area contributed by atoms with Crippen molar-refractivity contribution in [1.29, 1.82) is 5.41 Å². The lowest BCUT2D eigenvalue weighted by Crippen LogP contribution is -2.35. The maximum atomic E-state index is 12.7. The molecule has 0 saturated heterocycles. The Balaban J connectivity index is 1.44. The molecule has 1 N–H and O–H groups in total. The van der Waals surface area contributed by atoms with Gasteiger partial charge < -0.3 is 4.57 Å².